The maximum Gasteiger partial charge on any atom is 0.328 e. The van der Waals surface area contributed by atoms with Crippen molar-refractivity contribution in [3.8, 4) is 0 Å². The van der Waals surface area contributed by atoms with Crippen molar-refractivity contribution in [1.82, 2.24) is 0 Å². The second kappa shape index (κ2) is 3.82. The minimum Gasteiger partial charge on any atom is -0.296 e. The Kier molecular flexibility index (Phi) is 2.35. The molecule has 1 heterocycles. The van der Waals surface area contributed by atoms with Crippen molar-refractivity contribution >= 4 is 34.0 Å². The van der Waals surface area contributed by atoms with Gasteiger partial charge in [0.1, 0.15) is 0 Å². The van der Waals surface area contributed by atoms with E-state index in [0.29, 0.717) is 5.56 Å². The van der Waals surface area contributed by atoms with Crippen LogP contribution < -0.4 is 9.80 Å². The summed E-state index contributed by atoms with van der Waals surface area (Å²) in [4.78, 5) is 27.1. The Morgan fingerprint density at radius 2 is 1.63 bits per heavy atom. The first kappa shape index (κ1) is 11.7. The van der Waals surface area contributed by atoms with Gasteiger partial charge in [0.2, 0.25) is 0 Å². The van der Waals surface area contributed by atoms with E-state index in [-0.39, 0.29) is 11.8 Å². The predicted octanol–water partition coefficient (Wildman–Crippen LogP) is 3.05. The summed E-state index contributed by atoms with van der Waals surface area (Å²) in [6.45, 7) is 1.56. The van der Waals surface area contributed by atoms with Gasteiger partial charge in [-0.15, -0.1) is 0 Å². The first-order valence-corrected chi connectivity index (χ1v) is 6.10. The first-order valence-electron chi connectivity index (χ1n) is 6.10. The van der Waals surface area contributed by atoms with Gasteiger partial charge in [0.05, 0.1) is 11.4 Å². The fourth-order valence-electron chi connectivity index (χ4n) is 2.67. The maximum atomic E-state index is 12.1. The number of ketones is 1. The smallest absolute Gasteiger partial charge is 0.296 e. The van der Waals surface area contributed by atoms with Crippen LogP contribution in [0.1, 0.15) is 17.3 Å². The minimum absolute atomic E-state index is 0.0332. The summed E-state index contributed by atoms with van der Waals surface area (Å²) < 4.78 is 0. The summed E-state index contributed by atoms with van der Waals surface area (Å²) in [7, 11) is 3.49. The molecular formula is C15H14N2O2. The van der Waals surface area contributed by atoms with Gasteiger partial charge in [-0.2, -0.15) is 0 Å². The molecule has 0 fully saturated rings. The number of carbonyl (C=O) groups excluding carboxylic acids is 2. The normalized spacial score (nSPS) is 14.2. The van der Waals surface area contributed by atoms with E-state index in [1.807, 2.05) is 24.3 Å². The van der Waals surface area contributed by atoms with Crippen molar-refractivity contribution in [2.45, 2.75) is 6.92 Å². The number of urea groups is 1. The zero-order valence-electron chi connectivity index (χ0n) is 11.1. The number of Topliss-reactive ketones (excluding diaryl/α,β-unsaturated/α-hetero) is 1. The van der Waals surface area contributed by atoms with E-state index < -0.39 is 0 Å². The van der Waals surface area contributed by atoms with Crippen molar-refractivity contribution in [2.75, 3.05) is 23.9 Å². The van der Waals surface area contributed by atoms with Crippen molar-refractivity contribution in [3.63, 3.8) is 0 Å². The number of benzene rings is 2. The van der Waals surface area contributed by atoms with Crippen molar-refractivity contribution in [2.24, 2.45) is 0 Å². The summed E-state index contributed by atoms with van der Waals surface area (Å²) >= 11 is 0. The Bertz CT molecular complexity index is 703. The standard InChI is InChI=1S/C15H14N2O2/c1-9(18)10-7-8-13-14-11(10)5-4-6-12(14)16(2)15(19)17(13)3/h4-8H,1-3H3. The lowest BCUT2D eigenvalue weighted by molar-refractivity contribution is 0.101. The molecule has 1 aliphatic rings. The predicted molar refractivity (Wildman–Crippen MR) is 76.2 cm³/mol. The van der Waals surface area contributed by atoms with Crippen LogP contribution in [0.5, 0.6) is 0 Å². The molecule has 2 amide bonds. The van der Waals surface area contributed by atoms with Gasteiger partial charge >= 0.3 is 6.03 Å². The van der Waals surface area contributed by atoms with E-state index in [2.05, 4.69) is 0 Å². The van der Waals surface area contributed by atoms with Gasteiger partial charge in [-0.3, -0.25) is 14.6 Å². The first-order chi connectivity index (χ1) is 9.02. The second-order valence-electron chi connectivity index (χ2n) is 4.79. The summed E-state index contributed by atoms with van der Waals surface area (Å²) in [6.07, 6.45) is 0. The molecule has 96 valence electrons. The van der Waals surface area contributed by atoms with E-state index >= 15 is 0 Å². The molecule has 0 atom stereocenters. The van der Waals surface area contributed by atoms with Crippen LogP contribution in [0.25, 0.3) is 10.8 Å². The van der Waals surface area contributed by atoms with E-state index in [0.717, 1.165) is 22.1 Å². The molecule has 2 aromatic rings. The van der Waals surface area contributed by atoms with E-state index in [4.69, 9.17) is 0 Å². The van der Waals surface area contributed by atoms with E-state index in [9.17, 15) is 9.59 Å². The summed E-state index contributed by atoms with van der Waals surface area (Å²) in [5, 5.41) is 1.86. The van der Waals surface area contributed by atoms with Gasteiger partial charge < -0.3 is 0 Å². The molecule has 19 heavy (non-hydrogen) atoms. The number of hydrogen-bond donors (Lipinski definition) is 0. The third kappa shape index (κ3) is 1.46. The van der Waals surface area contributed by atoms with Gasteiger partial charge in [0.25, 0.3) is 0 Å². The average Bonchev–Trinajstić information content (AvgIpc) is 2.41. The third-order valence-corrected chi connectivity index (χ3v) is 3.67. The molecule has 1 aliphatic heterocycles. The van der Waals surface area contributed by atoms with Crippen LogP contribution in [-0.2, 0) is 0 Å². The largest absolute Gasteiger partial charge is 0.328 e. The molecule has 4 heteroatoms. The molecule has 0 bridgehead atoms. The van der Waals surface area contributed by atoms with Crippen LogP contribution >= 0.6 is 0 Å². The molecule has 0 N–H and O–H groups in total. The Morgan fingerprint density at radius 3 is 2.26 bits per heavy atom. The van der Waals surface area contributed by atoms with Gasteiger partial charge in [-0.05, 0) is 30.5 Å². The highest BCUT2D eigenvalue weighted by atomic mass is 16.2. The number of hydrogen-bond acceptors (Lipinski definition) is 2. The third-order valence-electron chi connectivity index (χ3n) is 3.67. The Labute approximate surface area is 111 Å². The molecule has 0 saturated carbocycles. The zero-order valence-corrected chi connectivity index (χ0v) is 11.1. The molecule has 2 aromatic carbocycles. The molecule has 0 aliphatic carbocycles. The molecule has 0 radical (unpaired) electrons. The molecular weight excluding hydrogens is 240 g/mol. The van der Waals surface area contributed by atoms with Crippen LogP contribution in [0.3, 0.4) is 0 Å². The van der Waals surface area contributed by atoms with Crippen LogP contribution in [0.15, 0.2) is 30.3 Å². The molecule has 0 saturated heterocycles. The van der Waals surface area contributed by atoms with Crippen molar-refractivity contribution in [3.05, 3.63) is 35.9 Å². The molecule has 0 aromatic heterocycles. The highest BCUT2D eigenvalue weighted by molar-refractivity contribution is 6.22. The van der Waals surface area contributed by atoms with Crippen LogP contribution in [0.2, 0.25) is 0 Å². The van der Waals surface area contributed by atoms with Crippen LogP contribution in [-0.4, -0.2) is 25.9 Å². The highest BCUT2D eigenvalue weighted by Gasteiger charge is 2.28. The number of anilines is 2. The molecule has 3 rings (SSSR count). The molecule has 0 unspecified atom stereocenters. The SMILES string of the molecule is CC(=O)c1ccc2c3c(cccc13)N(C)C(=O)N2C. The molecule has 0 spiro atoms. The fourth-order valence-corrected chi connectivity index (χ4v) is 2.67. The van der Waals surface area contributed by atoms with Crippen LogP contribution in [0, 0.1) is 0 Å². The van der Waals surface area contributed by atoms with Crippen molar-refractivity contribution < 1.29 is 9.59 Å². The lowest BCUT2D eigenvalue weighted by Crippen LogP contribution is -2.41. The highest BCUT2D eigenvalue weighted by Crippen LogP contribution is 2.40. The number of carbonyl (C=O) groups is 2. The van der Waals surface area contributed by atoms with E-state index in [1.54, 1.807) is 36.9 Å². The quantitative estimate of drug-likeness (QED) is 0.734. The number of amides is 2. The number of nitrogens with zero attached hydrogens (tertiary/aromatic N) is 2. The molecule has 4 nitrogen and oxygen atoms in total. The lowest BCUT2D eigenvalue weighted by Gasteiger charge is -2.33. The van der Waals surface area contributed by atoms with Crippen LogP contribution in [0.4, 0.5) is 16.2 Å². The zero-order chi connectivity index (χ0) is 13.7. The van der Waals surface area contributed by atoms with Gasteiger partial charge in [0.15, 0.2) is 5.78 Å². The average molecular weight is 254 g/mol. The Hall–Kier alpha value is -2.36. The van der Waals surface area contributed by atoms with E-state index in [1.165, 1.54) is 0 Å². The van der Waals surface area contributed by atoms with Gasteiger partial charge in [-0.1, -0.05) is 12.1 Å². The minimum atomic E-state index is -0.0735. The monoisotopic (exact) mass is 254 g/mol. The maximum absolute atomic E-state index is 12.1. The Balaban J connectivity index is 2.47. The lowest BCUT2D eigenvalue weighted by atomic mass is 9.97. The second-order valence-corrected chi connectivity index (χ2v) is 4.79. The number of rotatable bonds is 1. The van der Waals surface area contributed by atoms with Crippen molar-refractivity contribution in [1.29, 1.82) is 0 Å². The summed E-state index contributed by atoms with van der Waals surface area (Å²) in [5.41, 5.74) is 2.38. The van der Waals surface area contributed by atoms with Gasteiger partial charge in [0, 0.05) is 25.0 Å². The topological polar surface area (TPSA) is 40.6 Å². The summed E-state index contributed by atoms with van der Waals surface area (Å²) in [6, 6.07) is 9.27. The van der Waals surface area contributed by atoms with Gasteiger partial charge in [-0.25, -0.2) is 4.79 Å². The summed E-state index contributed by atoms with van der Waals surface area (Å²) in [5.74, 6) is 0.0332. The fraction of sp³-hybridized carbons (Fsp3) is 0.200. The Morgan fingerprint density at radius 1 is 1.00 bits per heavy atom.